The van der Waals surface area contributed by atoms with Crippen LogP contribution in [-0.2, 0) is 4.74 Å². The molecule has 0 fully saturated rings. The highest BCUT2D eigenvalue weighted by Crippen LogP contribution is 2.25. The van der Waals surface area contributed by atoms with Gasteiger partial charge in [-0.1, -0.05) is 0 Å². The quantitative estimate of drug-likeness (QED) is 0.793. The fourth-order valence-electron chi connectivity index (χ4n) is 2.13. The average molecular weight is 319 g/mol. The van der Waals surface area contributed by atoms with E-state index in [1.54, 1.807) is 18.9 Å². The molecule has 1 aromatic heterocycles. The van der Waals surface area contributed by atoms with Crippen molar-refractivity contribution in [2.75, 3.05) is 25.1 Å². The first-order chi connectivity index (χ1) is 11.0. The third kappa shape index (κ3) is 3.54. The molecule has 0 aliphatic heterocycles. The molecule has 23 heavy (non-hydrogen) atoms. The number of hydrogen-bond acceptors (Lipinski definition) is 5. The Hall–Kier alpha value is -2.75. The Bertz CT molecular complexity index is 787. The number of aromatic nitrogens is 1. The summed E-state index contributed by atoms with van der Waals surface area (Å²) in [5.41, 5.74) is 0.363. The van der Waals surface area contributed by atoms with E-state index in [9.17, 15) is 13.6 Å². The molecule has 0 radical (unpaired) electrons. The average Bonchev–Trinajstić information content (AvgIpc) is 2.53. The zero-order valence-corrected chi connectivity index (χ0v) is 12.8. The molecule has 120 valence electrons. The number of pyridine rings is 1. The topological polar surface area (TPSA) is 66.2 Å². The maximum absolute atomic E-state index is 13.4. The normalized spacial score (nSPS) is 10.4. The number of carbonyl (C=O) groups excluding carboxylic acids is 1. The van der Waals surface area contributed by atoms with Crippen LogP contribution in [0.4, 0.5) is 14.6 Å². The van der Waals surface area contributed by atoms with Crippen molar-refractivity contribution in [1.82, 2.24) is 4.98 Å². The van der Waals surface area contributed by atoms with E-state index in [4.69, 9.17) is 10.00 Å². The summed E-state index contributed by atoms with van der Waals surface area (Å²) in [6, 6.07) is 5.38. The molecule has 2 aromatic rings. The van der Waals surface area contributed by atoms with Crippen molar-refractivity contribution in [3.63, 3.8) is 0 Å². The van der Waals surface area contributed by atoms with Gasteiger partial charge in [0.15, 0.2) is 11.6 Å². The van der Waals surface area contributed by atoms with Gasteiger partial charge in [-0.15, -0.1) is 0 Å². The number of hydrogen-bond donors (Lipinski definition) is 0. The Labute approximate surface area is 132 Å². The van der Waals surface area contributed by atoms with E-state index < -0.39 is 17.6 Å². The van der Waals surface area contributed by atoms with Crippen molar-refractivity contribution in [2.24, 2.45) is 0 Å². The lowest BCUT2D eigenvalue weighted by Crippen LogP contribution is -2.23. The lowest BCUT2D eigenvalue weighted by Gasteiger charge is -2.20. The summed E-state index contributed by atoms with van der Waals surface area (Å²) in [4.78, 5) is 18.0. The molecule has 7 heteroatoms. The summed E-state index contributed by atoms with van der Waals surface area (Å²) in [5.74, 6) is -2.37. The van der Waals surface area contributed by atoms with Gasteiger partial charge < -0.3 is 9.64 Å². The number of halogens is 2. The number of rotatable bonds is 5. The second-order valence-electron chi connectivity index (χ2n) is 4.87. The summed E-state index contributed by atoms with van der Waals surface area (Å²) in [6.45, 7) is 2.18. The van der Waals surface area contributed by atoms with E-state index in [-0.39, 0.29) is 29.9 Å². The number of ether oxygens (including phenoxy) is 1. The number of esters is 1. The van der Waals surface area contributed by atoms with E-state index in [1.165, 1.54) is 6.07 Å². The maximum atomic E-state index is 13.4. The van der Waals surface area contributed by atoms with Crippen LogP contribution in [0.25, 0.3) is 10.9 Å². The zero-order valence-electron chi connectivity index (χ0n) is 12.8. The fourth-order valence-corrected chi connectivity index (χ4v) is 2.13. The van der Waals surface area contributed by atoms with Crippen molar-refractivity contribution in [3.8, 4) is 6.07 Å². The minimum atomic E-state index is -1.01. The molecule has 0 amide bonds. The van der Waals surface area contributed by atoms with Crippen LogP contribution in [0.2, 0.25) is 0 Å². The lowest BCUT2D eigenvalue weighted by molar-refractivity contribution is 0.0527. The standard InChI is InChI=1S/C16H15F2N3O2/c1-3-23-16(22)11-7-10-8-12(17)13(18)9-14(10)20-15(11)21(2)6-4-5-19/h7-9H,3-4,6H2,1-2H3. The number of fused-ring (bicyclic) bond motifs is 1. The monoisotopic (exact) mass is 319 g/mol. The number of carbonyl (C=O) groups is 1. The molecule has 0 spiro atoms. The van der Waals surface area contributed by atoms with Gasteiger partial charge in [0.1, 0.15) is 11.4 Å². The van der Waals surface area contributed by atoms with E-state index in [0.29, 0.717) is 11.9 Å². The van der Waals surface area contributed by atoms with Crippen LogP contribution in [0.1, 0.15) is 23.7 Å². The van der Waals surface area contributed by atoms with E-state index in [2.05, 4.69) is 4.98 Å². The van der Waals surface area contributed by atoms with Crippen LogP contribution in [0.3, 0.4) is 0 Å². The Morgan fingerprint density at radius 3 is 2.70 bits per heavy atom. The molecule has 0 atom stereocenters. The number of benzene rings is 1. The number of anilines is 1. The first-order valence-corrected chi connectivity index (χ1v) is 7.03. The Kier molecular flexibility index (Phi) is 5.06. The number of nitrogens with zero attached hydrogens (tertiary/aromatic N) is 3. The third-order valence-electron chi connectivity index (χ3n) is 3.25. The van der Waals surface area contributed by atoms with Gasteiger partial charge in [-0.3, -0.25) is 0 Å². The van der Waals surface area contributed by atoms with Crippen molar-refractivity contribution in [2.45, 2.75) is 13.3 Å². The van der Waals surface area contributed by atoms with Crippen LogP contribution in [0.5, 0.6) is 0 Å². The molecular formula is C16H15F2N3O2. The zero-order chi connectivity index (χ0) is 17.0. The van der Waals surface area contributed by atoms with Crippen LogP contribution < -0.4 is 4.90 Å². The van der Waals surface area contributed by atoms with E-state index >= 15 is 0 Å². The smallest absolute Gasteiger partial charge is 0.341 e. The predicted molar refractivity (Wildman–Crippen MR) is 81.1 cm³/mol. The van der Waals surface area contributed by atoms with Gasteiger partial charge in [0.2, 0.25) is 0 Å². The molecule has 0 aliphatic carbocycles. The molecule has 1 aromatic carbocycles. The van der Waals surface area contributed by atoms with E-state index in [0.717, 1.165) is 12.1 Å². The summed E-state index contributed by atoms with van der Waals surface area (Å²) in [6.07, 6.45) is 0.232. The van der Waals surface area contributed by atoms with Crippen LogP contribution >= 0.6 is 0 Å². The second-order valence-corrected chi connectivity index (χ2v) is 4.87. The minimum absolute atomic E-state index is 0.144. The maximum Gasteiger partial charge on any atom is 0.341 e. The first kappa shape index (κ1) is 16.6. The van der Waals surface area contributed by atoms with Gasteiger partial charge in [-0.25, -0.2) is 18.6 Å². The largest absolute Gasteiger partial charge is 0.462 e. The highest BCUT2D eigenvalue weighted by atomic mass is 19.2. The van der Waals surface area contributed by atoms with Crippen molar-refractivity contribution in [3.05, 3.63) is 35.4 Å². The Morgan fingerprint density at radius 2 is 2.04 bits per heavy atom. The lowest BCUT2D eigenvalue weighted by atomic mass is 10.1. The van der Waals surface area contributed by atoms with Crippen LogP contribution in [0.15, 0.2) is 18.2 Å². The SMILES string of the molecule is CCOC(=O)c1cc2cc(F)c(F)cc2nc1N(C)CCC#N. The van der Waals surface area contributed by atoms with Crippen molar-refractivity contribution < 1.29 is 18.3 Å². The van der Waals surface area contributed by atoms with Gasteiger partial charge in [-0.2, -0.15) is 5.26 Å². The first-order valence-electron chi connectivity index (χ1n) is 7.03. The molecule has 1 heterocycles. The molecule has 0 N–H and O–H groups in total. The van der Waals surface area contributed by atoms with Gasteiger partial charge in [0, 0.05) is 25.0 Å². The van der Waals surface area contributed by atoms with Gasteiger partial charge in [0.05, 0.1) is 24.6 Å². The summed E-state index contributed by atoms with van der Waals surface area (Å²) in [5, 5.41) is 8.98. The predicted octanol–water partition coefficient (Wildman–Crippen LogP) is 3.04. The molecular weight excluding hydrogens is 304 g/mol. The number of nitriles is 1. The van der Waals surface area contributed by atoms with Gasteiger partial charge >= 0.3 is 5.97 Å². The molecule has 0 saturated carbocycles. The molecule has 0 unspecified atom stereocenters. The van der Waals surface area contributed by atoms with Crippen molar-refractivity contribution >= 4 is 22.7 Å². The van der Waals surface area contributed by atoms with Crippen LogP contribution in [-0.4, -0.2) is 31.2 Å². The third-order valence-corrected chi connectivity index (χ3v) is 3.25. The molecule has 2 rings (SSSR count). The summed E-state index contributed by atoms with van der Waals surface area (Å²) in [7, 11) is 1.66. The van der Waals surface area contributed by atoms with E-state index in [1.807, 2.05) is 6.07 Å². The van der Waals surface area contributed by atoms with Gasteiger partial charge in [-0.05, 0) is 19.1 Å². The fraction of sp³-hybridized carbons (Fsp3) is 0.312. The van der Waals surface area contributed by atoms with Crippen molar-refractivity contribution in [1.29, 1.82) is 5.26 Å². The minimum Gasteiger partial charge on any atom is -0.462 e. The summed E-state index contributed by atoms with van der Waals surface area (Å²) < 4.78 is 31.8. The van der Waals surface area contributed by atoms with Gasteiger partial charge in [0.25, 0.3) is 0 Å². The Morgan fingerprint density at radius 1 is 1.35 bits per heavy atom. The molecule has 0 aliphatic rings. The molecule has 0 saturated heterocycles. The molecule has 0 bridgehead atoms. The second kappa shape index (κ2) is 7.01. The highest BCUT2D eigenvalue weighted by Gasteiger charge is 2.19. The molecule has 5 nitrogen and oxygen atoms in total. The van der Waals surface area contributed by atoms with Crippen LogP contribution in [0, 0.1) is 23.0 Å². The highest BCUT2D eigenvalue weighted by molar-refractivity contribution is 5.99. The summed E-state index contributed by atoms with van der Waals surface area (Å²) >= 11 is 0. The Balaban J connectivity index is 2.60.